The van der Waals surface area contributed by atoms with Gasteiger partial charge < -0.3 is 10.4 Å². The summed E-state index contributed by atoms with van der Waals surface area (Å²) in [5.74, 6) is -1.63. The number of carbonyl (C=O) groups excluding carboxylic acids is 1. The summed E-state index contributed by atoms with van der Waals surface area (Å²) in [4.78, 5) is 23.4. The molecule has 0 spiro atoms. The smallest absolute Gasteiger partial charge is 0.307 e. The van der Waals surface area contributed by atoms with E-state index in [2.05, 4.69) is 5.32 Å². The van der Waals surface area contributed by atoms with Crippen molar-refractivity contribution in [2.45, 2.75) is 33.2 Å². The zero-order chi connectivity index (χ0) is 14.7. The van der Waals surface area contributed by atoms with Gasteiger partial charge in [-0.05, 0) is 36.8 Å². The molecule has 0 saturated heterocycles. The fourth-order valence-corrected chi connectivity index (χ4v) is 2.98. The van der Waals surface area contributed by atoms with Crippen molar-refractivity contribution in [3.63, 3.8) is 0 Å². The van der Waals surface area contributed by atoms with Crippen LogP contribution in [0.25, 0.3) is 0 Å². The molecule has 20 heavy (non-hydrogen) atoms. The minimum atomic E-state index is -0.856. The van der Waals surface area contributed by atoms with E-state index < -0.39 is 17.8 Å². The summed E-state index contributed by atoms with van der Waals surface area (Å²) in [7, 11) is 0. The van der Waals surface area contributed by atoms with Gasteiger partial charge in [0.2, 0.25) is 5.91 Å². The van der Waals surface area contributed by atoms with Crippen LogP contribution in [0.1, 0.15) is 30.9 Å². The predicted octanol–water partition coefficient (Wildman–Crippen LogP) is 2.36. The molecule has 0 aliphatic heterocycles. The van der Waals surface area contributed by atoms with E-state index in [1.165, 1.54) is 0 Å². The van der Waals surface area contributed by atoms with Gasteiger partial charge in [-0.1, -0.05) is 31.2 Å². The SMILES string of the molecule is Cc1ccccc1CNC(=O)C1CC(C)CC1C(=O)O. The summed E-state index contributed by atoms with van der Waals surface area (Å²) >= 11 is 0. The first-order valence-corrected chi connectivity index (χ1v) is 7.04. The molecule has 1 amide bonds. The Morgan fingerprint density at radius 2 is 1.90 bits per heavy atom. The Kier molecular flexibility index (Phi) is 4.42. The molecule has 1 aromatic rings. The van der Waals surface area contributed by atoms with Gasteiger partial charge in [0.05, 0.1) is 11.8 Å². The Labute approximate surface area is 119 Å². The molecule has 3 unspecified atom stereocenters. The number of amides is 1. The zero-order valence-corrected chi connectivity index (χ0v) is 11.9. The largest absolute Gasteiger partial charge is 0.481 e. The van der Waals surface area contributed by atoms with Crippen LogP contribution >= 0.6 is 0 Å². The van der Waals surface area contributed by atoms with Crippen molar-refractivity contribution in [3.8, 4) is 0 Å². The average Bonchev–Trinajstić information content (AvgIpc) is 2.80. The topological polar surface area (TPSA) is 66.4 Å². The summed E-state index contributed by atoms with van der Waals surface area (Å²) in [5, 5.41) is 12.1. The van der Waals surface area contributed by atoms with Gasteiger partial charge in [-0.3, -0.25) is 9.59 Å². The lowest BCUT2D eigenvalue weighted by Gasteiger charge is -2.16. The third-order valence-corrected chi connectivity index (χ3v) is 4.17. The van der Waals surface area contributed by atoms with E-state index in [0.717, 1.165) is 11.1 Å². The van der Waals surface area contributed by atoms with E-state index in [1.807, 2.05) is 38.1 Å². The first-order chi connectivity index (χ1) is 9.49. The second-order valence-corrected chi connectivity index (χ2v) is 5.77. The Morgan fingerprint density at radius 1 is 1.25 bits per heavy atom. The van der Waals surface area contributed by atoms with E-state index in [9.17, 15) is 14.7 Å². The molecule has 4 heteroatoms. The van der Waals surface area contributed by atoms with Crippen LogP contribution in [0.3, 0.4) is 0 Å². The highest BCUT2D eigenvalue weighted by atomic mass is 16.4. The van der Waals surface area contributed by atoms with Crippen molar-refractivity contribution in [3.05, 3.63) is 35.4 Å². The maximum absolute atomic E-state index is 12.2. The minimum absolute atomic E-state index is 0.134. The van der Waals surface area contributed by atoms with Crippen molar-refractivity contribution in [2.24, 2.45) is 17.8 Å². The van der Waals surface area contributed by atoms with Gasteiger partial charge in [0.1, 0.15) is 0 Å². The normalized spacial score (nSPS) is 25.4. The van der Waals surface area contributed by atoms with Crippen molar-refractivity contribution in [1.29, 1.82) is 0 Å². The lowest BCUT2D eigenvalue weighted by atomic mass is 9.95. The molecule has 1 aliphatic rings. The maximum Gasteiger partial charge on any atom is 0.307 e. The van der Waals surface area contributed by atoms with Crippen LogP contribution in [0.15, 0.2) is 24.3 Å². The minimum Gasteiger partial charge on any atom is -0.481 e. The molecule has 0 radical (unpaired) electrons. The third-order valence-electron chi connectivity index (χ3n) is 4.17. The lowest BCUT2D eigenvalue weighted by molar-refractivity contribution is -0.146. The molecule has 108 valence electrons. The Morgan fingerprint density at radius 3 is 2.55 bits per heavy atom. The molecule has 1 aromatic carbocycles. The fraction of sp³-hybridized carbons (Fsp3) is 0.500. The number of carbonyl (C=O) groups is 2. The lowest BCUT2D eigenvalue weighted by Crippen LogP contribution is -2.35. The number of nitrogens with one attached hydrogen (secondary N) is 1. The predicted molar refractivity (Wildman–Crippen MR) is 76.0 cm³/mol. The van der Waals surface area contributed by atoms with Crippen molar-refractivity contribution in [1.82, 2.24) is 5.32 Å². The van der Waals surface area contributed by atoms with Gasteiger partial charge in [-0.15, -0.1) is 0 Å². The summed E-state index contributed by atoms with van der Waals surface area (Å²) in [6.07, 6.45) is 1.26. The molecular weight excluding hydrogens is 254 g/mol. The number of carboxylic acid groups (broad SMARTS) is 1. The van der Waals surface area contributed by atoms with Gasteiger partial charge >= 0.3 is 5.97 Å². The number of hydrogen-bond acceptors (Lipinski definition) is 2. The van der Waals surface area contributed by atoms with Gasteiger partial charge in [0.25, 0.3) is 0 Å². The molecule has 3 atom stereocenters. The van der Waals surface area contributed by atoms with Crippen molar-refractivity contribution < 1.29 is 14.7 Å². The van der Waals surface area contributed by atoms with Crippen LogP contribution in [0, 0.1) is 24.7 Å². The number of aliphatic carboxylic acids is 1. The molecule has 4 nitrogen and oxygen atoms in total. The van der Waals surface area contributed by atoms with Gasteiger partial charge in [0.15, 0.2) is 0 Å². The molecular formula is C16H21NO3. The first-order valence-electron chi connectivity index (χ1n) is 7.04. The van der Waals surface area contributed by atoms with Gasteiger partial charge in [-0.2, -0.15) is 0 Å². The molecule has 0 aromatic heterocycles. The van der Waals surface area contributed by atoms with Crippen LogP contribution in [0.5, 0.6) is 0 Å². The average molecular weight is 275 g/mol. The zero-order valence-electron chi connectivity index (χ0n) is 11.9. The fourth-order valence-electron chi connectivity index (χ4n) is 2.98. The molecule has 0 heterocycles. The monoisotopic (exact) mass is 275 g/mol. The molecule has 0 bridgehead atoms. The van der Waals surface area contributed by atoms with E-state index in [0.29, 0.717) is 25.3 Å². The molecule has 2 rings (SSSR count). The third kappa shape index (κ3) is 3.18. The van der Waals surface area contributed by atoms with Crippen LogP contribution in [-0.2, 0) is 16.1 Å². The highest BCUT2D eigenvalue weighted by Gasteiger charge is 2.40. The molecule has 2 N–H and O–H groups in total. The molecule has 1 saturated carbocycles. The van der Waals surface area contributed by atoms with Crippen LogP contribution < -0.4 is 5.32 Å². The van der Waals surface area contributed by atoms with E-state index >= 15 is 0 Å². The standard InChI is InChI=1S/C16H21NO3/c1-10-7-13(14(8-10)16(19)20)15(18)17-9-12-6-4-3-5-11(12)2/h3-6,10,13-14H,7-9H2,1-2H3,(H,17,18)(H,19,20). The number of benzene rings is 1. The number of aryl methyl sites for hydroxylation is 1. The van der Waals surface area contributed by atoms with Crippen LogP contribution in [-0.4, -0.2) is 17.0 Å². The summed E-state index contributed by atoms with van der Waals surface area (Å²) in [5.41, 5.74) is 2.20. The van der Waals surface area contributed by atoms with Crippen molar-refractivity contribution >= 4 is 11.9 Å². The Hall–Kier alpha value is -1.84. The Balaban J connectivity index is 1.98. The van der Waals surface area contributed by atoms with E-state index in [4.69, 9.17) is 0 Å². The summed E-state index contributed by atoms with van der Waals surface area (Å²) < 4.78 is 0. The first kappa shape index (κ1) is 14.6. The number of rotatable bonds is 4. The van der Waals surface area contributed by atoms with E-state index in [-0.39, 0.29) is 5.91 Å². The molecule has 1 fully saturated rings. The Bertz CT molecular complexity index is 512. The molecule has 1 aliphatic carbocycles. The number of hydrogen-bond donors (Lipinski definition) is 2. The van der Waals surface area contributed by atoms with E-state index in [1.54, 1.807) is 0 Å². The van der Waals surface area contributed by atoms with Gasteiger partial charge in [-0.25, -0.2) is 0 Å². The van der Waals surface area contributed by atoms with Crippen molar-refractivity contribution in [2.75, 3.05) is 0 Å². The van der Waals surface area contributed by atoms with Crippen LogP contribution in [0.4, 0.5) is 0 Å². The van der Waals surface area contributed by atoms with Crippen LogP contribution in [0.2, 0.25) is 0 Å². The van der Waals surface area contributed by atoms with Gasteiger partial charge in [0, 0.05) is 6.54 Å². The quantitative estimate of drug-likeness (QED) is 0.886. The number of carboxylic acids is 1. The second kappa shape index (κ2) is 6.07. The summed E-state index contributed by atoms with van der Waals surface area (Å²) in [6, 6.07) is 7.87. The second-order valence-electron chi connectivity index (χ2n) is 5.77. The maximum atomic E-state index is 12.2. The highest BCUT2D eigenvalue weighted by Crippen LogP contribution is 2.36. The highest BCUT2D eigenvalue weighted by molar-refractivity contribution is 5.85. The summed E-state index contributed by atoms with van der Waals surface area (Å²) in [6.45, 7) is 4.46.